The zero-order chi connectivity index (χ0) is 14.6. The summed E-state index contributed by atoms with van der Waals surface area (Å²) in [5.74, 6) is 0.542. The Hall–Kier alpha value is -1.46. The van der Waals surface area contributed by atoms with E-state index in [0.29, 0.717) is 5.76 Å². The molecule has 0 unspecified atom stereocenters. The Balaban J connectivity index is 2.36. The van der Waals surface area contributed by atoms with Crippen LogP contribution >= 0.6 is 22.6 Å². The van der Waals surface area contributed by atoms with Gasteiger partial charge in [-0.25, -0.2) is 12.7 Å². The fourth-order valence-corrected chi connectivity index (χ4v) is 3.27. The molecular formula is C14H12INO3S. The van der Waals surface area contributed by atoms with Gasteiger partial charge in [-0.3, -0.25) is 0 Å². The number of hydrogen-bond acceptors (Lipinski definition) is 3. The van der Waals surface area contributed by atoms with Gasteiger partial charge >= 0.3 is 0 Å². The number of sulfonamides is 1. The van der Waals surface area contributed by atoms with Crippen LogP contribution in [0.4, 0.5) is 0 Å². The highest BCUT2D eigenvalue weighted by molar-refractivity contribution is 14.1. The molecule has 0 atom stereocenters. The lowest BCUT2D eigenvalue weighted by molar-refractivity contribution is 0.437. The average molecular weight is 401 g/mol. The number of aryl methyl sites for hydroxylation is 1. The third-order valence-corrected chi connectivity index (χ3v) is 4.57. The lowest BCUT2D eigenvalue weighted by atomic mass is 10.2. The summed E-state index contributed by atoms with van der Waals surface area (Å²) in [6.07, 6.45) is 1.50. The van der Waals surface area contributed by atoms with Crippen LogP contribution in [0.1, 0.15) is 11.3 Å². The van der Waals surface area contributed by atoms with E-state index in [1.54, 1.807) is 36.4 Å². The molecule has 0 saturated heterocycles. The van der Waals surface area contributed by atoms with Crippen molar-refractivity contribution >= 4 is 32.6 Å². The average Bonchev–Trinajstić information content (AvgIpc) is 2.92. The highest BCUT2D eigenvalue weighted by atomic mass is 127. The van der Waals surface area contributed by atoms with E-state index >= 15 is 0 Å². The standard InChI is InChI=1S/C14H12INO3S/c1-12-4-6-14(7-5-12)20(17,18)16(9-8-15)11-13-3-2-10-19-13/h2-7,10H,11H2,1H3. The molecule has 0 radical (unpaired) electrons. The minimum absolute atomic E-state index is 0.0826. The van der Waals surface area contributed by atoms with Crippen molar-refractivity contribution in [3.63, 3.8) is 0 Å². The van der Waals surface area contributed by atoms with Crippen molar-refractivity contribution in [3.8, 4) is 9.97 Å². The van der Waals surface area contributed by atoms with E-state index in [4.69, 9.17) is 4.42 Å². The van der Waals surface area contributed by atoms with Crippen LogP contribution in [0.2, 0.25) is 0 Å². The second-order valence-electron chi connectivity index (χ2n) is 4.11. The van der Waals surface area contributed by atoms with E-state index in [2.05, 4.69) is 9.97 Å². The van der Waals surface area contributed by atoms with Crippen LogP contribution in [0.5, 0.6) is 0 Å². The van der Waals surface area contributed by atoms with E-state index < -0.39 is 10.0 Å². The fraction of sp³-hybridized carbons (Fsp3) is 0.143. The zero-order valence-corrected chi connectivity index (χ0v) is 13.7. The Morgan fingerprint density at radius 3 is 2.50 bits per heavy atom. The van der Waals surface area contributed by atoms with Crippen LogP contribution in [-0.4, -0.2) is 12.7 Å². The highest BCUT2D eigenvalue weighted by Gasteiger charge is 2.23. The smallest absolute Gasteiger partial charge is 0.271 e. The van der Waals surface area contributed by atoms with Crippen molar-refractivity contribution in [2.24, 2.45) is 0 Å². The summed E-state index contributed by atoms with van der Waals surface area (Å²) in [7, 11) is -3.66. The Labute approximate surface area is 132 Å². The molecule has 0 N–H and O–H groups in total. The predicted octanol–water partition coefficient (Wildman–Crippen LogP) is 3.13. The first-order valence-corrected chi connectivity index (χ1v) is 8.29. The van der Waals surface area contributed by atoms with Crippen LogP contribution in [0.25, 0.3) is 0 Å². The topological polar surface area (TPSA) is 50.5 Å². The number of rotatable bonds is 4. The number of nitrogens with zero attached hydrogens (tertiary/aromatic N) is 1. The maximum absolute atomic E-state index is 12.5. The second-order valence-corrected chi connectivity index (χ2v) is 6.51. The van der Waals surface area contributed by atoms with Crippen LogP contribution in [-0.2, 0) is 16.6 Å². The third kappa shape index (κ3) is 3.35. The Morgan fingerprint density at radius 2 is 1.95 bits per heavy atom. The summed E-state index contributed by atoms with van der Waals surface area (Å²) >= 11 is 1.81. The van der Waals surface area contributed by atoms with Gasteiger partial charge in [-0.05, 0) is 35.1 Å². The van der Waals surface area contributed by atoms with Gasteiger partial charge in [-0.2, -0.15) is 0 Å². The summed E-state index contributed by atoms with van der Waals surface area (Å²) < 4.78 is 33.9. The molecule has 0 amide bonds. The molecule has 0 aliphatic rings. The summed E-state index contributed by atoms with van der Waals surface area (Å²) in [6.45, 7) is 1.99. The molecule has 0 aliphatic carbocycles. The number of hydrogen-bond donors (Lipinski definition) is 0. The molecule has 4 nitrogen and oxygen atoms in total. The first-order valence-electron chi connectivity index (χ1n) is 5.77. The third-order valence-electron chi connectivity index (χ3n) is 2.66. The van der Waals surface area contributed by atoms with Crippen molar-refractivity contribution in [2.75, 3.05) is 0 Å². The van der Waals surface area contributed by atoms with Gasteiger partial charge < -0.3 is 4.42 Å². The molecule has 104 valence electrons. The minimum Gasteiger partial charge on any atom is -0.467 e. The van der Waals surface area contributed by atoms with Gasteiger partial charge in [0.15, 0.2) is 0 Å². The van der Waals surface area contributed by atoms with Gasteiger partial charge in [0, 0.05) is 28.6 Å². The molecule has 0 spiro atoms. The molecule has 1 aromatic carbocycles. The molecule has 0 bridgehead atoms. The quantitative estimate of drug-likeness (QED) is 0.450. The van der Waals surface area contributed by atoms with E-state index in [9.17, 15) is 8.42 Å². The first-order chi connectivity index (χ1) is 9.54. The first kappa shape index (κ1) is 14.9. The van der Waals surface area contributed by atoms with Crippen LogP contribution in [0, 0.1) is 16.9 Å². The summed E-state index contributed by atoms with van der Waals surface area (Å²) in [5, 5.41) is 0. The normalized spacial score (nSPS) is 10.7. The number of benzene rings is 1. The lowest BCUT2D eigenvalue weighted by Crippen LogP contribution is -2.26. The van der Waals surface area contributed by atoms with Crippen molar-refractivity contribution in [3.05, 3.63) is 54.0 Å². The second kappa shape index (κ2) is 6.33. The van der Waals surface area contributed by atoms with Gasteiger partial charge in [-0.15, -0.1) is 0 Å². The maximum atomic E-state index is 12.5. The molecule has 0 aliphatic heterocycles. The number of halogens is 1. The molecule has 2 rings (SSSR count). The van der Waals surface area contributed by atoms with Gasteiger partial charge in [0.2, 0.25) is 0 Å². The molecule has 1 heterocycles. The lowest BCUT2D eigenvalue weighted by Gasteiger charge is -2.16. The van der Waals surface area contributed by atoms with Gasteiger partial charge in [0.1, 0.15) is 12.3 Å². The van der Waals surface area contributed by atoms with E-state index in [1.165, 1.54) is 6.26 Å². The molecule has 2 aromatic rings. The fourth-order valence-electron chi connectivity index (χ4n) is 1.61. The Bertz CT molecular complexity index is 725. The van der Waals surface area contributed by atoms with Crippen LogP contribution < -0.4 is 0 Å². The Morgan fingerprint density at radius 1 is 1.25 bits per heavy atom. The number of furan rings is 1. The van der Waals surface area contributed by atoms with Gasteiger partial charge in [0.25, 0.3) is 10.0 Å². The van der Waals surface area contributed by atoms with Crippen LogP contribution in [0.15, 0.2) is 52.0 Å². The minimum atomic E-state index is -3.66. The molecule has 20 heavy (non-hydrogen) atoms. The zero-order valence-electron chi connectivity index (χ0n) is 10.7. The predicted molar refractivity (Wildman–Crippen MR) is 84.4 cm³/mol. The maximum Gasteiger partial charge on any atom is 0.271 e. The van der Waals surface area contributed by atoms with E-state index in [0.717, 1.165) is 9.87 Å². The SMILES string of the molecule is Cc1ccc(S(=O)(=O)N(C#CI)Cc2ccco2)cc1. The molecule has 6 heteroatoms. The van der Waals surface area contributed by atoms with Gasteiger partial charge in [0.05, 0.1) is 11.2 Å². The molecule has 0 saturated carbocycles. The highest BCUT2D eigenvalue weighted by Crippen LogP contribution is 2.18. The van der Waals surface area contributed by atoms with Crippen molar-refractivity contribution < 1.29 is 12.8 Å². The molecule has 1 aromatic heterocycles. The van der Waals surface area contributed by atoms with Crippen LogP contribution in [0.3, 0.4) is 0 Å². The largest absolute Gasteiger partial charge is 0.467 e. The summed E-state index contributed by atoms with van der Waals surface area (Å²) in [4.78, 5) is 0.216. The summed E-state index contributed by atoms with van der Waals surface area (Å²) in [5.41, 5.74) is 1.00. The van der Waals surface area contributed by atoms with Crippen molar-refractivity contribution in [1.82, 2.24) is 4.31 Å². The van der Waals surface area contributed by atoms with Crippen molar-refractivity contribution in [1.29, 1.82) is 0 Å². The van der Waals surface area contributed by atoms with E-state index in [1.807, 2.05) is 29.5 Å². The van der Waals surface area contributed by atoms with E-state index in [-0.39, 0.29) is 11.4 Å². The van der Waals surface area contributed by atoms with Crippen molar-refractivity contribution in [2.45, 2.75) is 18.4 Å². The molecule has 0 fully saturated rings. The monoisotopic (exact) mass is 401 g/mol. The molecular weight excluding hydrogens is 389 g/mol. The van der Waals surface area contributed by atoms with Gasteiger partial charge in [-0.1, -0.05) is 17.7 Å². The summed E-state index contributed by atoms with van der Waals surface area (Å²) in [6, 6.07) is 12.7. The Kier molecular flexibility index (Phi) is 4.73.